The quantitative estimate of drug-likeness (QED) is 0.872. The highest BCUT2D eigenvalue weighted by Crippen LogP contribution is 2.18. The third-order valence-corrected chi connectivity index (χ3v) is 3.59. The number of piperazine rings is 1. The molecule has 3 nitrogen and oxygen atoms in total. The summed E-state index contributed by atoms with van der Waals surface area (Å²) in [4.78, 5) is 6.94. The number of fused-ring (bicyclic) bond motifs is 1. The molecule has 1 saturated heterocycles. The minimum Gasteiger partial charge on any atom is -0.312 e. The molecule has 18 heavy (non-hydrogen) atoms. The predicted molar refractivity (Wildman–Crippen MR) is 74.5 cm³/mol. The monoisotopic (exact) mass is 241 g/mol. The van der Waals surface area contributed by atoms with E-state index < -0.39 is 0 Å². The molecule has 1 fully saturated rings. The molecule has 0 aliphatic carbocycles. The molecule has 3 heteroatoms. The standard InChI is InChI=1S/C15H19N3/c1-12-10-18(9-8-16-12)11-13-6-7-17-15-5-3-2-4-14(13)15/h2-7,12,16H,8-11H2,1H3/t12-/m1/s1. The normalized spacial score (nSPS) is 21.3. The van der Waals surface area contributed by atoms with Gasteiger partial charge in [-0.15, -0.1) is 0 Å². The Bertz CT molecular complexity index is 533. The van der Waals surface area contributed by atoms with E-state index in [2.05, 4.69) is 46.4 Å². The fourth-order valence-electron chi connectivity index (χ4n) is 2.69. The summed E-state index contributed by atoms with van der Waals surface area (Å²) >= 11 is 0. The largest absolute Gasteiger partial charge is 0.312 e. The Morgan fingerprint density at radius 3 is 3.11 bits per heavy atom. The van der Waals surface area contributed by atoms with E-state index in [0.29, 0.717) is 6.04 Å². The minimum absolute atomic E-state index is 0.590. The van der Waals surface area contributed by atoms with Gasteiger partial charge in [0.05, 0.1) is 5.52 Å². The van der Waals surface area contributed by atoms with Crippen LogP contribution in [0.4, 0.5) is 0 Å². The molecule has 2 aromatic rings. The van der Waals surface area contributed by atoms with Crippen molar-refractivity contribution < 1.29 is 0 Å². The van der Waals surface area contributed by atoms with Crippen molar-refractivity contribution in [3.05, 3.63) is 42.1 Å². The summed E-state index contributed by atoms with van der Waals surface area (Å²) in [6.07, 6.45) is 1.92. The van der Waals surface area contributed by atoms with Crippen LogP contribution < -0.4 is 5.32 Å². The van der Waals surface area contributed by atoms with Crippen LogP contribution in [0.2, 0.25) is 0 Å². The maximum absolute atomic E-state index is 4.42. The highest BCUT2D eigenvalue weighted by Gasteiger charge is 2.16. The van der Waals surface area contributed by atoms with Gasteiger partial charge in [0.2, 0.25) is 0 Å². The molecule has 1 aliphatic heterocycles. The number of aromatic nitrogens is 1. The molecule has 0 spiro atoms. The third kappa shape index (κ3) is 2.37. The first-order chi connectivity index (χ1) is 8.83. The van der Waals surface area contributed by atoms with Gasteiger partial charge in [0.15, 0.2) is 0 Å². The molecule has 1 aromatic heterocycles. The van der Waals surface area contributed by atoms with Crippen LogP contribution in [0.15, 0.2) is 36.5 Å². The molecule has 1 aliphatic rings. The Morgan fingerprint density at radius 2 is 2.22 bits per heavy atom. The topological polar surface area (TPSA) is 28.2 Å². The lowest BCUT2D eigenvalue weighted by molar-refractivity contribution is 0.200. The molecule has 94 valence electrons. The smallest absolute Gasteiger partial charge is 0.0705 e. The van der Waals surface area contributed by atoms with Crippen LogP contribution in [-0.4, -0.2) is 35.6 Å². The van der Waals surface area contributed by atoms with Gasteiger partial charge in [-0.05, 0) is 24.6 Å². The number of nitrogens with one attached hydrogen (secondary N) is 1. The Balaban J connectivity index is 1.86. The summed E-state index contributed by atoms with van der Waals surface area (Å²) in [6.45, 7) is 6.60. The SMILES string of the molecule is C[C@@H]1CN(Cc2ccnc3ccccc23)CCN1. The Morgan fingerprint density at radius 1 is 1.33 bits per heavy atom. The molecule has 0 radical (unpaired) electrons. The van der Waals surface area contributed by atoms with Crippen LogP contribution in [-0.2, 0) is 6.54 Å². The first kappa shape index (κ1) is 11.6. The number of hydrogen-bond donors (Lipinski definition) is 1. The van der Waals surface area contributed by atoms with Crippen LogP contribution >= 0.6 is 0 Å². The number of nitrogens with zero attached hydrogens (tertiary/aromatic N) is 2. The first-order valence-electron chi connectivity index (χ1n) is 6.61. The molecule has 1 N–H and O–H groups in total. The molecule has 0 amide bonds. The third-order valence-electron chi connectivity index (χ3n) is 3.59. The lowest BCUT2D eigenvalue weighted by Crippen LogP contribution is -2.48. The Labute approximate surface area is 108 Å². The predicted octanol–water partition coefficient (Wildman–Crippen LogP) is 2.03. The minimum atomic E-state index is 0.590. The van der Waals surface area contributed by atoms with Crippen molar-refractivity contribution in [3.63, 3.8) is 0 Å². The van der Waals surface area contributed by atoms with E-state index in [4.69, 9.17) is 0 Å². The zero-order valence-corrected chi connectivity index (χ0v) is 10.8. The number of benzene rings is 1. The summed E-state index contributed by atoms with van der Waals surface area (Å²) in [6, 6.07) is 11.1. The average Bonchev–Trinajstić information content (AvgIpc) is 2.39. The average molecular weight is 241 g/mol. The second-order valence-corrected chi connectivity index (χ2v) is 5.08. The van der Waals surface area contributed by atoms with E-state index in [9.17, 15) is 0 Å². The maximum atomic E-state index is 4.42. The van der Waals surface area contributed by atoms with E-state index in [1.54, 1.807) is 0 Å². The zero-order valence-electron chi connectivity index (χ0n) is 10.8. The van der Waals surface area contributed by atoms with Crippen molar-refractivity contribution in [3.8, 4) is 0 Å². The second kappa shape index (κ2) is 5.04. The molecule has 0 saturated carbocycles. The molecule has 0 unspecified atom stereocenters. The van der Waals surface area contributed by atoms with E-state index in [0.717, 1.165) is 31.7 Å². The molecular formula is C15H19N3. The Hall–Kier alpha value is -1.45. The zero-order chi connectivity index (χ0) is 12.4. The summed E-state index contributed by atoms with van der Waals surface area (Å²) in [5.41, 5.74) is 2.48. The number of hydrogen-bond acceptors (Lipinski definition) is 3. The van der Waals surface area contributed by atoms with Gasteiger partial charge in [-0.2, -0.15) is 0 Å². The van der Waals surface area contributed by atoms with Gasteiger partial charge in [0.25, 0.3) is 0 Å². The van der Waals surface area contributed by atoms with Crippen LogP contribution in [0.3, 0.4) is 0 Å². The second-order valence-electron chi connectivity index (χ2n) is 5.08. The molecular weight excluding hydrogens is 222 g/mol. The van der Waals surface area contributed by atoms with Crippen LogP contribution in [0.25, 0.3) is 10.9 Å². The van der Waals surface area contributed by atoms with Crippen molar-refractivity contribution in [2.45, 2.75) is 19.5 Å². The Kier molecular flexibility index (Phi) is 3.26. The number of rotatable bonds is 2. The molecule has 1 atom stereocenters. The molecule has 0 bridgehead atoms. The lowest BCUT2D eigenvalue weighted by Gasteiger charge is -2.32. The van der Waals surface area contributed by atoms with Crippen molar-refractivity contribution in [2.24, 2.45) is 0 Å². The highest BCUT2D eigenvalue weighted by atomic mass is 15.2. The summed E-state index contributed by atoms with van der Waals surface area (Å²) in [5.74, 6) is 0. The lowest BCUT2D eigenvalue weighted by atomic mass is 10.1. The van der Waals surface area contributed by atoms with Crippen molar-refractivity contribution in [1.82, 2.24) is 15.2 Å². The van der Waals surface area contributed by atoms with Crippen molar-refractivity contribution >= 4 is 10.9 Å². The van der Waals surface area contributed by atoms with Gasteiger partial charge >= 0.3 is 0 Å². The maximum Gasteiger partial charge on any atom is 0.0705 e. The van der Waals surface area contributed by atoms with Crippen molar-refractivity contribution in [1.29, 1.82) is 0 Å². The van der Waals surface area contributed by atoms with Crippen molar-refractivity contribution in [2.75, 3.05) is 19.6 Å². The summed E-state index contributed by atoms with van der Waals surface area (Å²) in [7, 11) is 0. The summed E-state index contributed by atoms with van der Waals surface area (Å²) < 4.78 is 0. The van der Waals surface area contributed by atoms with Gasteiger partial charge in [-0.3, -0.25) is 9.88 Å². The van der Waals surface area contributed by atoms with Crippen LogP contribution in [0.5, 0.6) is 0 Å². The molecule has 1 aromatic carbocycles. The van der Waals surface area contributed by atoms with Gasteiger partial charge in [0, 0.05) is 43.8 Å². The number of para-hydroxylation sites is 1. The van der Waals surface area contributed by atoms with E-state index in [1.165, 1.54) is 10.9 Å². The molecule has 2 heterocycles. The van der Waals surface area contributed by atoms with E-state index >= 15 is 0 Å². The first-order valence-corrected chi connectivity index (χ1v) is 6.61. The highest BCUT2D eigenvalue weighted by molar-refractivity contribution is 5.81. The van der Waals surface area contributed by atoms with Gasteiger partial charge in [-0.25, -0.2) is 0 Å². The summed E-state index contributed by atoms with van der Waals surface area (Å²) in [5, 5.41) is 4.76. The molecule has 3 rings (SSSR count). The fourth-order valence-corrected chi connectivity index (χ4v) is 2.69. The van der Waals surface area contributed by atoms with Crippen LogP contribution in [0.1, 0.15) is 12.5 Å². The van der Waals surface area contributed by atoms with Crippen LogP contribution in [0, 0.1) is 0 Å². The number of pyridine rings is 1. The fraction of sp³-hybridized carbons (Fsp3) is 0.400. The van der Waals surface area contributed by atoms with Gasteiger partial charge < -0.3 is 5.32 Å². The van der Waals surface area contributed by atoms with E-state index in [-0.39, 0.29) is 0 Å². The van der Waals surface area contributed by atoms with Gasteiger partial charge in [0.1, 0.15) is 0 Å². The van der Waals surface area contributed by atoms with E-state index in [1.807, 2.05) is 12.3 Å². The van der Waals surface area contributed by atoms with Gasteiger partial charge in [-0.1, -0.05) is 18.2 Å².